The number of halogens is 1. The Morgan fingerprint density at radius 2 is 2.40 bits per heavy atom. The molecule has 0 spiro atoms. The van der Waals surface area contributed by atoms with Crippen LogP contribution in [0.1, 0.15) is 11.1 Å². The summed E-state index contributed by atoms with van der Waals surface area (Å²) in [5.41, 5.74) is 7.14. The number of primary amides is 1. The van der Waals surface area contributed by atoms with Gasteiger partial charge in [0, 0.05) is 0 Å². The molecule has 6 heteroatoms. The monoisotopic (exact) mass is 206 g/mol. The van der Waals surface area contributed by atoms with Gasteiger partial charge in [-0.1, -0.05) is 6.07 Å². The van der Waals surface area contributed by atoms with Crippen LogP contribution < -0.4 is 11.2 Å². The molecule has 0 aliphatic rings. The van der Waals surface area contributed by atoms with Crippen molar-refractivity contribution in [2.75, 3.05) is 0 Å². The standard InChI is InChI=1S/C9H7FN4O/c10-8-2-1-6(3-7(8)4-11)5-13-14-9(12)15/h1-3,5H,(H3,12,14,15)/b13-5+. The van der Waals surface area contributed by atoms with Crippen LogP contribution in [0.2, 0.25) is 0 Å². The molecule has 1 aromatic carbocycles. The molecule has 76 valence electrons. The first-order valence-corrected chi connectivity index (χ1v) is 3.91. The molecule has 1 rings (SSSR count). The van der Waals surface area contributed by atoms with E-state index in [9.17, 15) is 9.18 Å². The van der Waals surface area contributed by atoms with Crippen LogP contribution in [0.5, 0.6) is 0 Å². The second kappa shape index (κ2) is 4.72. The Bertz CT molecular complexity index is 450. The second-order valence-electron chi connectivity index (χ2n) is 2.59. The number of nitrogens with zero attached hydrogens (tertiary/aromatic N) is 2. The fourth-order valence-electron chi connectivity index (χ4n) is 0.879. The Labute approximate surface area is 85.0 Å². The number of nitriles is 1. The minimum atomic E-state index is -0.797. The molecule has 0 unspecified atom stereocenters. The molecule has 1 aromatic rings. The first-order chi connectivity index (χ1) is 7.13. The van der Waals surface area contributed by atoms with Gasteiger partial charge in [-0.05, 0) is 17.7 Å². The lowest BCUT2D eigenvalue weighted by atomic mass is 10.1. The average molecular weight is 206 g/mol. The van der Waals surface area contributed by atoms with E-state index in [0.717, 1.165) is 6.07 Å². The number of urea groups is 1. The molecular weight excluding hydrogens is 199 g/mol. The van der Waals surface area contributed by atoms with Crippen LogP contribution in [0.15, 0.2) is 23.3 Å². The SMILES string of the molecule is N#Cc1cc(/C=N/NC(N)=O)ccc1F. The van der Waals surface area contributed by atoms with Gasteiger partial charge in [0.2, 0.25) is 0 Å². The lowest BCUT2D eigenvalue weighted by Crippen LogP contribution is -2.24. The molecule has 0 aliphatic carbocycles. The zero-order chi connectivity index (χ0) is 11.3. The van der Waals surface area contributed by atoms with E-state index in [1.807, 2.05) is 5.43 Å². The van der Waals surface area contributed by atoms with Gasteiger partial charge < -0.3 is 5.73 Å². The van der Waals surface area contributed by atoms with Gasteiger partial charge in [-0.2, -0.15) is 10.4 Å². The van der Waals surface area contributed by atoms with Crippen LogP contribution in [0, 0.1) is 17.1 Å². The van der Waals surface area contributed by atoms with Crippen LogP contribution in [-0.2, 0) is 0 Å². The number of nitrogens with one attached hydrogen (secondary N) is 1. The predicted molar refractivity (Wildman–Crippen MR) is 51.4 cm³/mol. The van der Waals surface area contributed by atoms with Crippen molar-refractivity contribution in [2.45, 2.75) is 0 Å². The summed E-state index contributed by atoms with van der Waals surface area (Å²) >= 11 is 0. The Morgan fingerprint density at radius 1 is 1.67 bits per heavy atom. The molecule has 5 nitrogen and oxygen atoms in total. The normalized spacial score (nSPS) is 9.87. The third-order valence-electron chi connectivity index (χ3n) is 1.50. The van der Waals surface area contributed by atoms with Crippen molar-refractivity contribution in [1.82, 2.24) is 5.43 Å². The summed E-state index contributed by atoms with van der Waals surface area (Å²) in [4.78, 5) is 10.3. The lowest BCUT2D eigenvalue weighted by Gasteiger charge is -1.95. The molecule has 0 aliphatic heterocycles. The average Bonchev–Trinajstić information content (AvgIpc) is 2.20. The van der Waals surface area contributed by atoms with Gasteiger partial charge in [-0.25, -0.2) is 14.6 Å². The third-order valence-corrected chi connectivity index (χ3v) is 1.50. The molecule has 0 atom stereocenters. The maximum atomic E-state index is 12.9. The molecule has 0 saturated heterocycles. The molecule has 0 bridgehead atoms. The molecule has 3 N–H and O–H groups in total. The van der Waals surface area contributed by atoms with Crippen molar-refractivity contribution < 1.29 is 9.18 Å². The molecule has 0 fully saturated rings. The fraction of sp³-hybridized carbons (Fsp3) is 0. The fourth-order valence-corrected chi connectivity index (χ4v) is 0.879. The Morgan fingerprint density at radius 3 is 3.00 bits per heavy atom. The number of carbonyl (C=O) groups excluding carboxylic acids is 1. The smallest absolute Gasteiger partial charge is 0.332 e. The van der Waals surface area contributed by atoms with Gasteiger partial charge in [-0.15, -0.1) is 0 Å². The van der Waals surface area contributed by atoms with Crippen molar-refractivity contribution in [3.05, 3.63) is 35.1 Å². The summed E-state index contributed by atoms with van der Waals surface area (Å²) in [6.45, 7) is 0. The number of carbonyl (C=O) groups is 1. The maximum absolute atomic E-state index is 12.9. The summed E-state index contributed by atoms with van der Waals surface area (Å²) in [5, 5.41) is 12.0. The molecule has 15 heavy (non-hydrogen) atoms. The highest BCUT2D eigenvalue weighted by Gasteiger charge is 2.00. The van der Waals surface area contributed by atoms with E-state index in [1.165, 1.54) is 18.3 Å². The first kappa shape index (κ1) is 10.7. The number of hydrogen-bond donors (Lipinski definition) is 2. The van der Waals surface area contributed by atoms with Gasteiger partial charge in [0.1, 0.15) is 11.9 Å². The summed E-state index contributed by atoms with van der Waals surface area (Å²) in [6, 6.07) is 4.76. The summed E-state index contributed by atoms with van der Waals surface area (Å²) in [5.74, 6) is -0.600. The number of rotatable bonds is 2. The zero-order valence-electron chi connectivity index (χ0n) is 7.57. The van der Waals surface area contributed by atoms with Gasteiger partial charge in [0.05, 0.1) is 11.8 Å². The second-order valence-corrected chi connectivity index (χ2v) is 2.59. The van der Waals surface area contributed by atoms with E-state index in [1.54, 1.807) is 6.07 Å². The van der Waals surface area contributed by atoms with E-state index in [2.05, 4.69) is 5.10 Å². The van der Waals surface area contributed by atoms with Crippen LogP contribution in [0.4, 0.5) is 9.18 Å². The molecule has 0 aromatic heterocycles. The van der Waals surface area contributed by atoms with Crippen molar-refractivity contribution in [2.24, 2.45) is 10.8 Å². The molecule has 2 amide bonds. The van der Waals surface area contributed by atoms with E-state index >= 15 is 0 Å². The predicted octanol–water partition coefficient (Wildman–Crippen LogP) is 0.700. The summed E-state index contributed by atoms with van der Waals surface area (Å²) in [7, 11) is 0. The number of hydrazone groups is 1. The topological polar surface area (TPSA) is 91.3 Å². The minimum absolute atomic E-state index is 0.0852. The van der Waals surface area contributed by atoms with E-state index in [0.29, 0.717) is 5.56 Å². The number of nitrogens with two attached hydrogens (primary N) is 1. The molecule has 0 radical (unpaired) electrons. The quantitative estimate of drug-likeness (QED) is 0.550. The highest BCUT2D eigenvalue weighted by molar-refractivity contribution is 5.81. The Balaban J connectivity index is 2.84. The van der Waals surface area contributed by atoms with E-state index in [-0.39, 0.29) is 5.56 Å². The minimum Gasteiger partial charge on any atom is -0.350 e. The van der Waals surface area contributed by atoms with Gasteiger partial charge >= 0.3 is 6.03 Å². The summed E-state index contributed by atoms with van der Waals surface area (Å²) < 4.78 is 12.9. The van der Waals surface area contributed by atoms with E-state index in [4.69, 9.17) is 11.0 Å². The largest absolute Gasteiger partial charge is 0.350 e. The zero-order valence-corrected chi connectivity index (χ0v) is 7.57. The van der Waals surface area contributed by atoms with Crippen molar-refractivity contribution in [3.8, 4) is 6.07 Å². The van der Waals surface area contributed by atoms with Crippen LogP contribution in [-0.4, -0.2) is 12.2 Å². The summed E-state index contributed by atoms with van der Waals surface area (Å²) in [6.07, 6.45) is 1.25. The van der Waals surface area contributed by atoms with Crippen LogP contribution in [0.3, 0.4) is 0 Å². The van der Waals surface area contributed by atoms with Crippen LogP contribution >= 0.6 is 0 Å². The lowest BCUT2D eigenvalue weighted by molar-refractivity contribution is 0.249. The van der Waals surface area contributed by atoms with Gasteiger partial charge in [0.15, 0.2) is 0 Å². The maximum Gasteiger partial charge on any atom is 0.332 e. The van der Waals surface area contributed by atoms with Crippen LogP contribution in [0.25, 0.3) is 0 Å². The van der Waals surface area contributed by atoms with Crippen molar-refractivity contribution in [3.63, 3.8) is 0 Å². The molecular formula is C9H7FN4O. The third kappa shape index (κ3) is 3.08. The van der Waals surface area contributed by atoms with Gasteiger partial charge in [-0.3, -0.25) is 0 Å². The Kier molecular flexibility index (Phi) is 3.35. The van der Waals surface area contributed by atoms with E-state index < -0.39 is 11.8 Å². The number of benzene rings is 1. The first-order valence-electron chi connectivity index (χ1n) is 3.91. The number of amides is 2. The Hall–Kier alpha value is -2.42. The molecule has 0 saturated carbocycles. The van der Waals surface area contributed by atoms with Gasteiger partial charge in [0.25, 0.3) is 0 Å². The highest BCUT2D eigenvalue weighted by atomic mass is 19.1. The molecule has 0 heterocycles. The van der Waals surface area contributed by atoms with Crippen molar-refractivity contribution in [1.29, 1.82) is 5.26 Å². The van der Waals surface area contributed by atoms with Crippen molar-refractivity contribution >= 4 is 12.2 Å². The number of hydrogen-bond acceptors (Lipinski definition) is 3. The highest BCUT2D eigenvalue weighted by Crippen LogP contribution is 2.07.